The molecule has 3 aromatic rings. The van der Waals surface area contributed by atoms with E-state index in [9.17, 15) is 4.79 Å². The van der Waals surface area contributed by atoms with Crippen LogP contribution in [0, 0.1) is 0 Å². The highest BCUT2D eigenvalue weighted by Gasteiger charge is 2.16. The van der Waals surface area contributed by atoms with Gasteiger partial charge in [-0.2, -0.15) is 0 Å². The minimum Gasteiger partial charge on any atom is -0.489 e. The first-order valence-electron chi connectivity index (χ1n) is 6.62. The fourth-order valence-corrected chi connectivity index (χ4v) is 2.19. The standard InChI is InChI=1S/C16H14O6/c1-9(2)14(22-18)8-20-16-10-3-4-15(17)21-13(10)7-12-11(16)5-6-19-12/h3-7,14,18H,1,8H2,2H3. The summed E-state index contributed by atoms with van der Waals surface area (Å²) in [6, 6.07) is 6.33. The van der Waals surface area contributed by atoms with Crippen molar-refractivity contribution in [3.05, 3.63) is 53.1 Å². The van der Waals surface area contributed by atoms with Crippen molar-refractivity contribution < 1.29 is 23.7 Å². The topological polar surface area (TPSA) is 82.0 Å². The summed E-state index contributed by atoms with van der Waals surface area (Å²) in [6.45, 7) is 5.50. The van der Waals surface area contributed by atoms with Crippen LogP contribution in [0.2, 0.25) is 0 Å². The van der Waals surface area contributed by atoms with Crippen molar-refractivity contribution in [2.75, 3.05) is 6.61 Å². The zero-order chi connectivity index (χ0) is 15.7. The summed E-state index contributed by atoms with van der Waals surface area (Å²) in [5.41, 5.74) is 1.07. The lowest BCUT2D eigenvalue weighted by atomic mass is 10.1. The normalized spacial score (nSPS) is 12.6. The second kappa shape index (κ2) is 5.67. The van der Waals surface area contributed by atoms with Gasteiger partial charge in [0.2, 0.25) is 0 Å². The van der Waals surface area contributed by atoms with Crippen LogP contribution in [0.25, 0.3) is 21.9 Å². The summed E-state index contributed by atoms with van der Waals surface area (Å²) in [4.78, 5) is 15.7. The van der Waals surface area contributed by atoms with Gasteiger partial charge in [-0.25, -0.2) is 9.68 Å². The molecule has 0 radical (unpaired) electrons. The Morgan fingerprint density at radius 3 is 2.82 bits per heavy atom. The molecule has 0 spiro atoms. The first kappa shape index (κ1) is 14.4. The molecule has 2 aromatic heterocycles. The van der Waals surface area contributed by atoms with E-state index in [-0.39, 0.29) is 6.61 Å². The van der Waals surface area contributed by atoms with Crippen molar-refractivity contribution in [1.82, 2.24) is 0 Å². The Bertz CT molecular complexity index is 888. The zero-order valence-electron chi connectivity index (χ0n) is 11.9. The van der Waals surface area contributed by atoms with Gasteiger partial charge in [-0.1, -0.05) is 6.58 Å². The van der Waals surface area contributed by atoms with Gasteiger partial charge in [0.25, 0.3) is 0 Å². The van der Waals surface area contributed by atoms with E-state index in [1.54, 1.807) is 25.1 Å². The Hall–Kier alpha value is -2.57. The number of hydrogen-bond donors (Lipinski definition) is 1. The summed E-state index contributed by atoms with van der Waals surface area (Å²) in [6.07, 6.45) is 0.862. The summed E-state index contributed by atoms with van der Waals surface area (Å²) >= 11 is 0. The number of benzene rings is 1. The Morgan fingerprint density at radius 1 is 1.32 bits per heavy atom. The molecule has 0 bridgehead atoms. The molecule has 0 saturated heterocycles. The molecule has 22 heavy (non-hydrogen) atoms. The van der Waals surface area contributed by atoms with E-state index in [1.807, 2.05) is 0 Å². The molecule has 0 saturated carbocycles. The van der Waals surface area contributed by atoms with Crippen molar-refractivity contribution >= 4 is 21.9 Å². The summed E-state index contributed by atoms with van der Waals surface area (Å²) in [5.74, 6) is 0.494. The Balaban J connectivity index is 2.10. The highest BCUT2D eigenvalue weighted by atomic mass is 17.1. The van der Waals surface area contributed by atoms with E-state index < -0.39 is 11.7 Å². The van der Waals surface area contributed by atoms with Crippen LogP contribution >= 0.6 is 0 Å². The minimum absolute atomic E-state index is 0.0599. The zero-order valence-corrected chi connectivity index (χ0v) is 11.9. The molecule has 3 rings (SSSR count). The van der Waals surface area contributed by atoms with E-state index in [0.717, 1.165) is 5.39 Å². The minimum atomic E-state index is -0.659. The van der Waals surface area contributed by atoms with Crippen LogP contribution in [0.4, 0.5) is 0 Å². The quantitative estimate of drug-likeness (QED) is 0.337. The Kier molecular flexibility index (Phi) is 3.70. The molecular weight excluding hydrogens is 288 g/mol. The second-order valence-corrected chi connectivity index (χ2v) is 4.96. The fourth-order valence-electron chi connectivity index (χ4n) is 2.19. The van der Waals surface area contributed by atoms with Crippen molar-refractivity contribution in [1.29, 1.82) is 0 Å². The third-order valence-corrected chi connectivity index (χ3v) is 3.36. The maximum absolute atomic E-state index is 11.4. The maximum Gasteiger partial charge on any atom is 0.336 e. The molecule has 2 heterocycles. The van der Waals surface area contributed by atoms with Crippen molar-refractivity contribution in [2.45, 2.75) is 13.0 Å². The summed E-state index contributed by atoms with van der Waals surface area (Å²) in [5, 5.41) is 10.2. The molecule has 1 N–H and O–H groups in total. The van der Waals surface area contributed by atoms with Crippen LogP contribution in [-0.2, 0) is 4.89 Å². The molecule has 6 nitrogen and oxygen atoms in total. The predicted molar refractivity (Wildman–Crippen MR) is 80.1 cm³/mol. The van der Waals surface area contributed by atoms with Crippen molar-refractivity contribution in [3.63, 3.8) is 0 Å². The van der Waals surface area contributed by atoms with E-state index in [4.69, 9.17) is 18.8 Å². The predicted octanol–water partition coefficient (Wildman–Crippen LogP) is 3.35. The van der Waals surface area contributed by atoms with Crippen molar-refractivity contribution in [2.24, 2.45) is 0 Å². The monoisotopic (exact) mass is 302 g/mol. The first-order chi connectivity index (χ1) is 10.6. The summed E-state index contributed by atoms with van der Waals surface area (Å²) < 4.78 is 16.3. The SMILES string of the molecule is C=C(C)C(COc1c2ccoc2cc2oc(=O)ccc12)OO. The van der Waals surface area contributed by atoms with Gasteiger partial charge in [0, 0.05) is 12.1 Å². The van der Waals surface area contributed by atoms with Gasteiger partial charge in [-0.3, -0.25) is 5.26 Å². The smallest absolute Gasteiger partial charge is 0.336 e. The van der Waals surface area contributed by atoms with Crippen LogP contribution in [0.15, 0.2) is 56.3 Å². The van der Waals surface area contributed by atoms with Crippen LogP contribution in [0.5, 0.6) is 5.75 Å². The first-order valence-corrected chi connectivity index (χ1v) is 6.62. The molecule has 1 unspecified atom stereocenters. The van der Waals surface area contributed by atoms with Gasteiger partial charge >= 0.3 is 5.63 Å². The van der Waals surface area contributed by atoms with Gasteiger partial charge in [-0.05, 0) is 24.6 Å². The van der Waals surface area contributed by atoms with Gasteiger partial charge in [0.15, 0.2) is 0 Å². The lowest BCUT2D eigenvalue weighted by Gasteiger charge is -2.15. The fraction of sp³-hybridized carbons (Fsp3) is 0.188. The van der Waals surface area contributed by atoms with Crippen LogP contribution in [0.3, 0.4) is 0 Å². The van der Waals surface area contributed by atoms with E-state index in [2.05, 4.69) is 11.5 Å². The van der Waals surface area contributed by atoms with Gasteiger partial charge in [0.1, 0.15) is 29.6 Å². The van der Waals surface area contributed by atoms with Gasteiger partial charge in [0.05, 0.1) is 17.0 Å². The molecular formula is C16H14O6. The molecule has 0 fully saturated rings. The maximum atomic E-state index is 11.4. The highest BCUT2D eigenvalue weighted by molar-refractivity contribution is 6.01. The lowest BCUT2D eigenvalue weighted by Crippen LogP contribution is -2.21. The largest absolute Gasteiger partial charge is 0.489 e. The number of furan rings is 1. The number of ether oxygens (including phenoxy) is 1. The number of fused-ring (bicyclic) bond motifs is 2. The van der Waals surface area contributed by atoms with Crippen LogP contribution in [0.1, 0.15) is 6.92 Å². The van der Waals surface area contributed by atoms with Crippen molar-refractivity contribution in [3.8, 4) is 5.75 Å². The Morgan fingerprint density at radius 2 is 2.09 bits per heavy atom. The molecule has 0 aliphatic carbocycles. The molecule has 1 atom stereocenters. The molecule has 0 amide bonds. The molecule has 114 valence electrons. The molecule has 0 aliphatic rings. The molecule has 1 aromatic carbocycles. The van der Waals surface area contributed by atoms with E-state index in [1.165, 1.54) is 12.3 Å². The number of rotatable bonds is 5. The van der Waals surface area contributed by atoms with Gasteiger partial charge < -0.3 is 13.6 Å². The third kappa shape index (κ3) is 2.49. The Labute approximate surface area is 125 Å². The average molecular weight is 302 g/mol. The number of hydrogen-bond acceptors (Lipinski definition) is 6. The summed E-state index contributed by atoms with van der Waals surface area (Å²) in [7, 11) is 0. The van der Waals surface area contributed by atoms with E-state index in [0.29, 0.717) is 27.9 Å². The van der Waals surface area contributed by atoms with E-state index >= 15 is 0 Å². The van der Waals surface area contributed by atoms with Crippen LogP contribution in [-0.4, -0.2) is 18.0 Å². The van der Waals surface area contributed by atoms with Crippen LogP contribution < -0.4 is 10.4 Å². The highest BCUT2D eigenvalue weighted by Crippen LogP contribution is 2.35. The average Bonchev–Trinajstić information content (AvgIpc) is 2.94. The molecule has 6 heteroatoms. The van der Waals surface area contributed by atoms with Gasteiger partial charge in [-0.15, -0.1) is 0 Å². The third-order valence-electron chi connectivity index (χ3n) is 3.36. The lowest BCUT2D eigenvalue weighted by molar-refractivity contribution is -0.272. The molecule has 0 aliphatic heterocycles. The second-order valence-electron chi connectivity index (χ2n) is 4.96.